The Labute approximate surface area is 147 Å². The third kappa shape index (κ3) is 7.36. The Morgan fingerprint density at radius 1 is 1.08 bits per heavy atom. The molecule has 0 aliphatic heterocycles. The van der Waals surface area contributed by atoms with E-state index in [2.05, 4.69) is 5.32 Å². The Morgan fingerprint density at radius 3 is 2.16 bits per heavy atom. The molecule has 0 aliphatic rings. The zero-order chi connectivity index (χ0) is 19.2. The first-order chi connectivity index (χ1) is 11.5. The molecule has 1 atom stereocenters. The summed E-state index contributed by atoms with van der Waals surface area (Å²) in [6.45, 7) is 7.14. The fourth-order valence-electron chi connectivity index (χ4n) is 2.21. The van der Waals surface area contributed by atoms with E-state index in [0.717, 1.165) is 11.1 Å². The Bertz CT molecular complexity index is 743. The van der Waals surface area contributed by atoms with Gasteiger partial charge in [0.1, 0.15) is 5.82 Å². The summed E-state index contributed by atoms with van der Waals surface area (Å²) < 4.78 is 25.0. The van der Waals surface area contributed by atoms with Gasteiger partial charge in [0.2, 0.25) is 0 Å². The van der Waals surface area contributed by atoms with Crippen LogP contribution in [0.25, 0.3) is 0 Å². The van der Waals surface area contributed by atoms with Gasteiger partial charge in [0.15, 0.2) is 5.78 Å². The lowest BCUT2D eigenvalue weighted by Crippen LogP contribution is -2.13. The van der Waals surface area contributed by atoms with Crippen LogP contribution in [0.15, 0.2) is 42.5 Å². The average molecular weight is 369 g/mol. The van der Waals surface area contributed by atoms with Gasteiger partial charge in [-0.05, 0) is 57.0 Å². The summed E-state index contributed by atoms with van der Waals surface area (Å²) in [7, 11) is -4.45. The number of rotatable bonds is 4. The first kappa shape index (κ1) is 21.3. The minimum Gasteiger partial charge on any atom is -0.394 e. The highest BCUT2D eigenvalue weighted by Gasteiger charge is 2.31. The van der Waals surface area contributed by atoms with Crippen LogP contribution >= 0.6 is 7.60 Å². The molecule has 0 spiro atoms. The van der Waals surface area contributed by atoms with Crippen LogP contribution in [0.1, 0.15) is 36.3 Å². The van der Waals surface area contributed by atoms with Gasteiger partial charge in [-0.25, -0.2) is 4.39 Å². The van der Waals surface area contributed by atoms with Crippen molar-refractivity contribution >= 4 is 13.3 Å². The van der Waals surface area contributed by atoms with E-state index in [-0.39, 0.29) is 6.10 Å². The summed E-state index contributed by atoms with van der Waals surface area (Å²) in [6, 6.07) is 10.8. The molecule has 0 saturated heterocycles. The maximum absolute atomic E-state index is 13.2. The van der Waals surface area contributed by atoms with Crippen molar-refractivity contribution in [2.75, 3.05) is 5.32 Å². The van der Waals surface area contributed by atoms with E-state index in [0.29, 0.717) is 11.3 Å². The molecule has 2 rings (SSSR count). The highest BCUT2D eigenvalue weighted by Crippen LogP contribution is 2.52. The highest BCUT2D eigenvalue weighted by molar-refractivity contribution is 7.52. The number of aliphatic hydroxyl groups excluding tert-OH is 1. The van der Waals surface area contributed by atoms with Crippen LogP contribution in [-0.4, -0.2) is 21.0 Å². The van der Waals surface area contributed by atoms with Gasteiger partial charge in [-0.1, -0.05) is 29.8 Å². The predicted octanol–water partition coefficient (Wildman–Crippen LogP) is 4.12. The van der Waals surface area contributed by atoms with E-state index >= 15 is 0 Å². The van der Waals surface area contributed by atoms with Gasteiger partial charge in [-0.2, -0.15) is 0 Å². The second-order valence-corrected chi connectivity index (χ2v) is 7.79. The van der Waals surface area contributed by atoms with Gasteiger partial charge < -0.3 is 20.2 Å². The molecule has 1 unspecified atom stereocenters. The second kappa shape index (κ2) is 9.11. The molecule has 25 heavy (non-hydrogen) atoms. The largest absolute Gasteiger partial charge is 0.394 e. The second-order valence-electron chi connectivity index (χ2n) is 6.10. The fraction of sp³-hybridized carbons (Fsp3) is 0.333. The van der Waals surface area contributed by atoms with Gasteiger partial charge in [0, 0.05) is 11.8 Å². The van der Waals surface area contributed by atoms with Crippen LogP contribution in [0, 0.1) is 19.7 Å². The monoisotopic (exact) mass is 369 g/mol. The van der Waals surface area contributed by atoms with Crippen molar-refractivity contribution in [3.63, 3.8) is 0 Å². The van der Waals surface area contributed by atoms with Crippen LogP contribution in [0.3, 0.4) is 0 Å². The zero-order valence-corrected chi connectivity index (χ0v) is 15.7. The molecule has 7 heteroatoms. The molecule has 0 fully saturated rings. The lowest BCUT2D eigenvalue weighted by Gasteiger charge is -2.23. The van der Waals surface area contributed by atoms with Crippen molar-refractivity contribution in [2.24, 2.45) is 0 Å². The molecule has 2 aromatic rings. The van der Waals surface area contributed by atoms with Crippen molar-refractivity contribution in [1.82, 2.24) is 0 Å². The Morgan fingerprint density at radius 2 is 1.68 bits per heavy atom. The number of anilines is 1. The maximum Gasteiger partial charge on any atom is 0.352 e. The third-order valence-electron chi connectivity index (χ3n) is 3.18. The molecule has 0 aromatic heterocycles. The van der Waals surface area contributed by atoms with E-state index in [1.165, 1.54) is 18.2 Å². The smallest absolute Gasteiger partial charge is 0.352 e. The lowest BCUT2D eigenvalue weighted by atomic mass is 10.1. The molecule has 0 radical (unpaired) electrons. The summed E-state index contributed by atoms with van der Waals surface area (Å²) in [5, 5.41) is 10.8. The maximum atomic E-state index is 13.2. The number of benzene rings is 2. The van der Waals surface area contributed by atoms with Crippen LogP contribution in [0.2, 0.25) is 0 Å². The minimum atomic E-state index is -4.45. The number of hydrogen-bond donors (Lipinski definition) is 4. The quantitative estimate of drug-likeness (QED) is 0.609. The topological polar surface area (TPSA) is 89.8 Å². The molecule has 138 valence electrons. The molecule has 5 nitrogen and oxygen atoms in total. The number of aryl methyl sites for hydroxylation is 2. The van der Waals surface area contributed by atoms with Gasteiger partial charge in [-0.15, -0.1) is 0 Å². The molecule has 0 amide bonds. The lowest BCUT2D eigenvalue weighted by molar-refractivity contribution is 0.216. The zero-order valence-electron chi connectivity index (χ0n) is 14.8. The van der Waals surface area contributed by atoms with Crippen molar-refractivity contribution in [3.8, 4) is 0 Å². The standard InChI is InChI=1S/C15H17FNO3P.C3H8O/c1-10-6-7-14(11(2)8-10)15(21(18,19)20)17-13-5-3-4-12(16)9-13;1-3(2)4/h3-9,15,17H,1-2H3,(H2,18,19,20);3-4H,1-2H3. The van der Waals surface area contributed by atoms with E-state index in [1.807, 2.05) is 13.0 Å². The summed E-state index contributed by atoms with van der Waals surface area (Å²) >= 11 is 0. The van der Waals surface area contributed by atoms with Gasteiger partial charge in [0.05, 0.1) is 0 Å². The van der Waals surface area contributed by atoms with Crippen molar-refractivity contribution in [3.05, 3.63) is 65.0 Å². The summed E-state index contributed by atoms with van der Waals surface area (Å²) in [6.07, 6.45) is -0.167. The number of halogens is 1. The van der Waals surface area contributed by atoms with E-state index in [9.17, 15) is 18.7 Å². The average Bonchev–Trinajstić information content (AvgIpc) is 2.44. The Hall–Kier alpha value is -1.72. The highest BCUT2D eigenvalue weighted by atomic mass is 31.2. The van der Waals surface area contributed by atoms with Gasteiger partial charge in [-0.3, -0.25) is 4.57 Å². The van der Waals surface area contributed by atoms with Crippen LogP contribution in [0.4, 0.5) is 10.1 Å². The van der Waals surface area contributed by atoms with E-state index < -0.39 is 19.2 Å². The SMILES string of the molecule is CC(C)O.Cc1ccc(C(Nc2cccc(F)c2)P(=O)(O)O)c(C)c1. The molecule has 2 aromatic carbocycles. The molecule has 0 heterocycles. The van der Waals surface area contributed by atoms with Crippen molar-refractivity contribution < 1.29 is 23.8 Å². The first-order valence-corrected chi connectivity index (χ1v) is 9.51. The Balaban J connectivity index is 0.000000705. The number of aliphatic hydroxyl groups is 1. The van der Waals surface area contributed by atoms with E-state index in [4.69, 9.17) is 5.11 Å². The molecule has 0 aliphatic carbocycles. The number of nitrogens with one attached hydrogen (secondary N) is 1. The summed E-state index contributed by atoms with van der Waals surface area (Å²) in [5.41, 5.74) is 2.60. The predicted molar refractivity (Wildman–Crippen MR) is 98.1 cm³/mol. The molecule has 0 bridgehead atoms. The first-order valence-electron chi connectivity index (χ1n) is 7.83. The van der Waals surface area contributed by atoms with Gasteiger partial charge in [0.25, 0.3) is 0 Å². The van der Waals surface area contributed by atoms with Crippen molar-refractivity contribution in [1.29, 1.82) is 0 Å². The van der Waals surface area contributed by atoms with Crippen molar-refractivity contribution in [2.45, 2.75) is 39.6 Å². The van der Waals surface area contributed by atoms with Gasteiger partial charge >= 0.3 is 7.60 Å². The van der Waals surface area contributed by atoms with Crippen LogP contribution < -0.4 is 5.32 Å². The summed E-state index contributed by atoms with van der Waals surface area (Å²) in [4.78, 5) is 19.2. The molecule has 0 saturated carbocycles. The number of hydrogen-bond acceptors (Lipinski definition) is 3. The Kier molecular flexibility index (Phi) is 7.77. The normalized spacial score (nSPS) is 12.4. The van der Waals surface area contributed by atoms with Crippen LogP contribution in [0.5, 0.6) is 0 Å². The fourth-order valence-corrected chi connectivity index (χ4v) is 3.18. The molecule has 4 N–H and O–H groups in total. The minimum absolute atomic E-state index is 0.167. The summed E-state index contributed by atoms with van der Waals surface area (Å²) in [5.74, 6) is -1.68. The molecular weight excluding hydrogens is 344 g/mol. The van der Waals surface area contributed by atoms with E-state index in [1.54, 1.807) is 39.0 Å². The molecular formula is C18H25FNO4P. The third-order valence-corrected chi connectivity index (χ3v) is 4.26. The van der Waals surface area contributed by atoms with Crippen LogP contribution in [-0.2, 0) is 4.57 Å².